The summed E-state index contributed by atoms with van der Waals surface area (Å²) in [5.41, 5.74) is 1.35. The van der Waals surface area contributed by atoms with Gasteiger partial charge in [-0.1, -0.05) is 41.1 Å². The molecule has 3 aromatic rings. The van der Waals surface area contributed by atoms with Gasteiger partial charge in [0.25, 0.3) is 0 Å². The summed E-state index contributed by atoms with van der Waals surface area (Å²) in [5, 5.41) is 16.0. The van der Waals surface area contributed by atoms with Crippen LogP contribution in [-0.4, -0.2) is 35.7 Å². The lowest BCUT2D eigenvalue weighted by Crippen LogP contribution is -2.44. The van der Waals surface area contributed by atoms with E-state index in [9.17, 15) is 13.5 Å². The minimum atomic E-state index is -3.42. The first kappa shape index (κ1) is 19.9. The van der Waals surface area contributed by atoms with Crippen molar-refractivity contribution in [2.45, 2.75) is 31.9 Å². The monoisotopic (exact) mass is 451 g/mol. The number of sulfonamides is 1. The fourth-order valence-corrected chi connectivity index (χ4v) is 4.43. The normalized spacial score (nSPS) is 15.4. The fraction of sp³-hybridized carbons (Fsp3) is 0.316. The molecule has 1 aromatic heterocycles. The highest BCUT2D eigenvalue weighted by Crippen LogP contribution is 2.37. The summed E-state index contributed by atoms with van der Waals surface area (Å²) in [6, 6.07) is 13.2. The Hall–Kier alpha value is -1.90. The Bertz CT molecular complexity index is 1060. The Morgan fingerprint density at radius 1 is 1.26 bits per heavy atom. The molecular weight excluding hydrogens is 430 g/mol. The Morgan fingerprint density at radius 3 is 2.48 bits per heavy atom. The highest BCUT2D eigenvalue weighted by atomic mass is 79.9. The molecule has 2 N–H and O–H groups in total. The molecule has 0 amide bonds. The molecule has 1 heterocycles. The number of nitrogens with one attached hydrogen (secondary N) is 1. The summed E-state index contributed by atoms with van der Waals surface area (Å²) < 4.78 is 28.6. The van der Waals surface area contributed by atoms with E-state index in [0.29, 0.717) is 17.5 Å². The van der Waals surface area contributed by atoms with E-state index in [1.54, 1.807) is 29.9 Å². The standard InChI is InChI=1S/C19H22BrN3O3S/c1-4-19(13(2)24,14-8-10-15(20)11-9-14)23-18-7-5-6-17(16(18)12-21-23)22-27(3,25)26/h5-13,22,24H,4H2,1-3H3. The number of halogens is 1. The molecular formula is C19H22BrN3O3S. The summed E-state index contributed by atoms with van der Waals surface area (Å²) in [6.45, 7) is 3.75. The van der Waals surface area contributed by atoms with Crippen molar-refractivity contribution in [3.05, 3.63) is 58.7 Å². The number of nitrogens with zero attached hydrogens (tertiary/aromatic N) is 2. The second-order valence-corrected chi connectivity index (χ2v) is 9.29. The third kappa shape index (κ3) is 3.61. The zero-order chi connectivity index (χ0) is 19.8. The Morgan fingerprint density at radius 2 is 1.93 bits per heavy atom. The zero-order valence-corrected chi connectivity index (χ0v) is 17.8. The second kappa shape index (κ2) is 7.26. The van der Waals surface area contributed by atoms with Crippen LogP contribution in [0.5, 0.6) is 0 Å². The van der Waals surface area contributed by atoms with E-state index in [4.69, 9.17) is 0 Å². The van der Waals surface area contributed by atoms with Crippen molar-refractivity contribution >= 4 is 42.5 Å². The van der Waals surface area contributed by atoms with Crippen molar-refractivity contribution < 1.29 is 13.5 Å². The lowest BCUT2D eigenvalue weighted by atomic mass is 9.82. The van der Waals surface area contributed by atoms with Gasteiger partial charge in [0.1, 0.15) is 5.54 Å². The molecule has 0 aliphatic heterocycles. The molecule has 0 radical (unpaired) electrons. The van der Waals surface area contributed by atoms with Crippen LogP contribution in [0, 0.1) is 0 Å². The predicted octanol–water partition coefficient (Wildman–Crippen LogP) is 3.70. The van der Waals surface area contributed by atoms with Gasteiger partial charge in [-0.25, -0.2) is 8.42 Å². The van der Waals surface area contributed by atoms with Crippen molar-refractivity contribution in [1.29, 1.82) is 0 Å². The van der Waals surface area contributed by atoms with Crippen LogP contribution in [0.25, 0.3) is 10.9 Å². The number of rotatable bonds is 6. The number of benzene rings is 2. The number of aliphatic hydroxyl groups is 1. The molecule has 6 nitrogen and oxygen atoms in total. The molecule has 0 saturated heterocycles. The van der Waals surface area contributed by atoms with Crippen LogP contribution in [0.2, 0.25) is 0 Å². The van der Waals surface area contributed by atoms with Crippen LogP contribution in [0.3, 0.4) is 0 Å². The van der Waals surface area contributed by atoms with Gasteiger partial charge in [-0.15, -0.1) is 0 Å². The summed E-state index contributed by atoms with van der Waals surface area (Å²) in [5.74, 6) is 0. The average Bonchev–Trinajstić information content (AvgIpc) is 3.02. The van der Waals surface area contributed by atoms with Gasteiger partial charge in [0.05, 0.1) is 29.8 Å². The highest BCUT2D eigenvalue weighted by molar-refractivity contribution is 9.10. The lowest BCUT2D eigenvalue weighted by molar-refractivity contribution is 0.0669. The quantitative estimate of drug-likeness (QED) is 0.598. The molecule has 0 fully saturated rings. The maximum atomic E-state index is 11.7. The molecule has 3 rings (SSSR count). The van der Waals surface area contributed by atoms with Crippen LogP contribution in [0.15, 0.2) is 53.1 Å². The maximum absolute atomic E-state index is 11.7. The summed E-state index contributed by atoms with van der Waals surface area (Å²) in [7, 11) is -3.42. The van der Waals surface area contributed by atoms with Gasteiger partial charge in [0.2, 0.25) is 10.0 Å². The molecule has 2 atom stereocenters. The first-order valence-corrected chi connectivity index (χ1v) is 11.3. The van der Waals surface area contributed by atoms with E-state index in [2.05, 4.69) is 25.8 Å². The van der Waals surface area contributed by atoms with Crippen LogP contribution >= 0.6 is 15.9 Å². The number of fused-ring (bicyclic) bond motifs is 1. The van der Waals surface area contributed by atoms with E-state index in [0.717, 1.165) is 21.8 Å². The van der Waals surface area contributed by atoms with E-state index in [1.165, 1.54) is 0 Å². The zero-order valence-electron chi connectivity index (χ0n) is 15.3. The van der Waals surface area contributed by atoms with Crippen molar-refractivity contribution in [1.82, 2.24) is 9.78 Å². The topological polar surface area (TPSA) is 84.2 Å². The largest absolute Gasteiger partial charge is 0.391 e. The molecule has 8 heteroatoms. The molecule has 0 bridgehead atoms. The van der Waals surface area contributed by atoms with Gasteiger partial charge in [-0.3, -0.25) is 9.40 Å². The molecule has 144 valence electrons. The predicted molar refractivity (Wildman–Crippen MR) is 111 cm³/mol. The van der Waals surface area contributed by atoms with E-state index < -0.39 is 21.7 Å². The van der Waals surface area contributed by atoms with Gasteiger partial charge >= 0.3 is 0 Å². The van der Waals surface area contributed by atoms with Gasteiger partial charge in [-0.05, 0) is 43.2 Å². The summed E-state index contributed by atoms with van der Waals surface area (Å²) in [4.78, 5) is 0. The molecule has 2 unspecified atom stereocenters. The smallest absolute Gasteiger partial charge is 0.229 e. The van der Waals surface area contributed by atoms with Crippen molar-refractivity contribution in [3.63, 3.8) is 0 Å². The van der Waals surface area contributed by atoms with Crippen LogP contribution in [-0.2, 0) is 15.6 Å². The SMILES string of the molecule is CCC(c1ccc(Br)cc1)(C(C)O)n1ncc2c(NS(C)(=O)=O)cccc21. The summed E-state index contributed by atoms with van der Waals surface area (Å²) in [6.07, 6.45) is 2.63. The third-order valence-electron chi connectivity index (χ3n) is 4.86. The Kier molecular flexibility index (Phi) is 5.33. The molecule has 0 saturated carbocycles. The van der Waals surface area contributed by atoms with Crippen LogP contribution in [0.1, 0.15) is 25.8 Å². The third-order valence-corrected chi connectivity index (χ3v) is 5.98. The van der Waals surface area contributed by atoms with Crippen LogP contribution in [0.4, 0.5) is 5.69 Å². The van der Waals surface area contributed by atoms with E-state index >= 15 is 0 Å². The minimum Gasteiger partial charge on any atom is -0.391 e. The fourth-order valence-electron chi connectivity index (χ4n) is 3.59. The lowest BCUT2D eigenvalue weighted by Gasteiger charge is -2.37. The molecule has 0 aliphatic carbocycles. The number of aliphatic hydroxyl groups excluding tert-OH is 1. The molecule has 2 aromatic carbocycles. The Labute approximate surface area is 167 Å². The van der Waals surface area contributed by atoms with Gasteiger partial charge in [-0.2, -0.15) is 5.10 Å². The number of hydrogen-bond donors (Lipinski definition) is 2. The summed E-state index contributed by atoms with van der Waals surface area (Å²) >= 11 is 3.45. The molecule has 0 aliphatic rings. The maximum Gasteiger partial charge on any atom is 0.229 e. The number of aromatic nitrogens is 2. The van der Waals surface area contributed by atoms with Crippen LogP contribution < -0.4 is 4.72 Å². The second-order valence-electron chi connectivity index (χ2n) is 6.63. The molecule has 27 heavy (non-hydrogen) atoms. The van der Waals surface area contributed by atoms with E-state index in [-0.39, 0.29) is 0 Å². The van der Waals surface area contributed by atoms with Crippen molar-refractivity contribution in [2.24, 2.45) is 0 Å². The van der Waals surface area contributed by atoms with Gasteiger partial charge in [0.15, 0.2) is 0 Å². The average molecular weight is 452 g/mol. The Balaban J connectivity index is 2.26. The number of hydrogen-bond acceptors (Lipinski definition) is 4. The minimum absolute atomic E-state index is 0.465. The number of anilines is 1. The van der Waals surface area contributed by atoms with Gasteiger partial charge in [0, 0.05) is 9.86 Å². The molecule has 0 spiro atoms. The van der Waals surface area contributed by atoms with Crippen molar-refractivity contribution in [3.8, 4) is 0 Å². The van der Waals surface area contributed by atoms with E-state index in [1.807, 2.05) is 37.3 Å². The highest BCUT2D eigenvalue weighted by Gasteiger charge is 2.39. The van der Waals surface area contributed by atoms with Crippen molar-refractivity contribution in [2.75, 3.05) is 11.0 Å². The van der Waals surface area contributed by atoms with Gasteiger partial charge < -0.3 is 5.11 Å². The first-order valence-electron chi connectivity index (χ1n) is 8.58. The first-order chi connectivity index (χ1) is 12.7.